The van der Waals surface area contributed by atoms with E-state index in [1.807, 2.05) is 24.4 Å². The third kappa shape index (κ3) is 4.30. The number of aliphatic hydroxyl groups excluding tert-OH is 1. The van der Waals surface area contributed by atoms with Crippen LogP contribution >= 0.6 is 11.3 Å². The van der Waals surface area contributed by atoms with E-state index >= 15 is 0 Å². The molecule has 2 heterocycles. The topological polar surface area (TPSA) is 78.6 Å². The van der Waals surface area contributed by atoms with Crippen molar-refractivity contribution in [3.63, 3.8) is 0 Å². The Labute approximate surface area is 127 Å². The molecule has 0 saturated carbocycles. The van der Waals surface area contributed by atoms with Gasteiger partial charge >= 0.3 is 6.03 Å². The van der Waals surface area contributed by atoms with Crippen LogP contribution in [-0.2, 0) is 6.54 Å². The number of nitrogens with zero attached hydrogens (tertiary/aromatic N) is 2. The maximum atomic E-state index is 12.0. The second kappa shape index (κ2) is 7.80. The molecule has 0 aliphatic rings. The van der Waals surface area contributed by atoms with Gasteiger partial charge in [0.2, 0.25) is 0 Å². The molecule has 2 amide bonds. The first-order chi connectivity index (χ1) is 10.2. The van der Waals surface area contributed by atoms with Gasteiger partial charge in [0.05, 0.1) is 25.1 Å². The first-order valence-corrected chi connectivity index (χ1v) is 7.74. The molecule has 0 atom stereocenters. The van der Waals surface area contributed by atoms with E-state index in [9.17, 15) is 4.79 Å². The monoisotopic (exact) mass is 309 g/mol. The first kappa shape index (κ1) is 15.5. The smallest absolute Gasteiger partial charge is 0.317 e. The predicted molar refractivity (Wildman–Crippen MR) is 81.0 cm³/mol. The molecule has 0 radical (unpaired) electrons. The second-order valence-corrected chi connectivity index (χ2v) is 5.35. The number of carbonyl (C=O) groups is 1. The molecule has 0 aliphatic carbocycles. The van der Waals surface area contributed by atoms with Crippen LogP contribution in [0.4, 0.5) is 4.79 Å². The van der Waals surface area contributed by atoms with Crippen molar-refractivity contribution in [2.24, 2.45) is 0 Å². The van der Waals surface area contributed by atoms with Gasteiger partial charge in [-0.25, -0.2) is 9.78 Å². The summed E-state index contributed by atoms with van der Waals surface area (Å²) in [6.07, 6.45) is 2.46. The lowest BCUT2D eigenvalue weighted by molar-refractivity contribution is 0.177. The van der Waals surface area contributed by atoms with E-state index in [4.69, 9.17) is 9.52 Å². The van der Waals surface area contributed by atoms with Gasteiger partial charge in [-0.05, 0) is 18.6 Å². The molecule has 0 saturated heterocycles. The van der Waals surface area contributed by atoms with Crippen molar-refractivity contribution in [1.29, 1.82) is 0 Å². The molecule has 2 aromatic rings. The van der Waals surface area contributed by atoms with Gasteiger partial charge in [0.15, 0.2) is 10.8 Å². The fourth-order valence-corrected chi connectivity index (χ4v) is 2.67. The quantitative estimate of drug-likeness (QED) is 0.822. The normalized spacial score (nSPS) is 10.6. The Bertz CT molecular complexity index is 548. The summed E-state index contributed by atoms with van der Waals surface area (Å²) in [7, 11) is 0. The maximum Gasteiger partial charge on any atom is 0.317 e. The van der Waals surface area contributed by atoms with Gasteiger partial charge < -0.3 is 19.7 Å². The summed E-state index contributed by atoms with van der Waals surface area (Å²) in [5, 5.41) is 14.5. The van der Waals surface area contributed by atoms with Crippen LogP contribution in [0.1, 0.15) is 19.0 Å². The Kier molecular flexibility index (Phi) is 5.77. The SMILES string of the molecule is CCCN(CCO)C(=O)NCc1csc(-c2ccco2)n1. The summed E-state index contributed by atoms with van der Waals surface area (Å²) in [4.78, 5) is 18.0. The largest absolute Gasteiger partial charge is 0.462 e. The van der Waals surface area contributed by atoms with Crippen LogP contribution in [0.5, 0.6) is 0 Å². The molecule has 0 unspecified atom stereocenters. The van der Waals surface area contributed by atoms with Crippen molar-refractivity contribution in [2.75, 3.05) is 19.7 Å². The number of amides is 2. The maximum absolute atomic E-state index is 12.0. The van der Waals surface area contributed by atoms with Crippen LogP contribution in [0.3, 0.4) is 0 Å². The number of nitrogens with one attached hydrogen (secondary N) is 1. The molecule has 0 aromatic carbocycles. The lowest BCUT2D eigenvalue weighted by Crippen LogP contribution is -2.41. The Morgan fingerprint density at radius 2 is 2.38 bits per heavy atom. The fourth-order valence-electron chi connectivity index (χ4n) is 1.89. The van der Waals surface area contributed by atoms with Crippen molar-refractivity contribution in [1.82, 2.24) is 15.2 Å². The summed E-state index contributed by atoms with van der Waals surface area (Å²) < 4.78 is 5.29. The molecule has 0 aliphatic heterocycles. The molecule has 2 aromatic heterocycles. The van der Waals surface area contributed by atoms with Crippen LogP contribution in [0.15, 0.2) is 28.2 Å². The number of aromatic nitrogens is 1. The predicted octanol–water partition coefficient (Wildman–Crippen LogP) is 2.32. The summed E-state index contributed by atoms with van der Waals surface area (Å²) in [5.41, 5.74) is 0.792. The highest BCUT2D eigenvalue weighted by Gasteiger charge is 2.12. The molecule has 0 bridgehead atoms. The van der Waals surface area contributed by atoms with E-state index in [0.717, 1.165) is 22.9 Å². The van der Waals surface area contributed by atoms with Crippen LogP contribution in [-0.4, -0.2) is 40.7 Å². The molecule has 0 fully saturated rings. The zero-order chi connectivity index (χ0) is 15.1. The van der Waals surface area contributed by atoms with Crippen molar-refractivity contribution < 1.29 is 14.3 Å². The van der Waals surface area contributed by atoms with Crippen molar-refractivity contribution in [3.05, 3.63) is 29.5 Å². The van der Waals surface area contributed by atoms with Gasteiger partial charge in [-0.2, -0.15) is 0 Å². The van der Waals surface area contributed by atoms with Gasteiger partial charge in [-0.3, -0.25) is 0 Å². The number of urea groups is 1. The molecule has 2 rings (SSSR count). The van der Waals surface area contributed by atoms with E-state index in [1.165, 1.54) is 11.3 Å². The van der Waals surface area contributed by atoms with Gasteiger partial charge in [0.25, 0.3) is 0 Å². The molecule has 7 heteroatoms. The van der Waals surface area contributed by atoms with Crippen LogP contribution < -0.4 is 5.32 Å². The van der Waals surface area contributed by atoms with Gasteiger partial charge in [0, 0.05) is 18.5 Å². The number of aliphatic hydroxyl groups is 1. The van der Waals surface area contributed by atoms with Gasteiger partial charge in [-0.15, -0.1) is 11.3 Å². The summed E-state index contributed by atoms with van der Waals surface area (Å²) in [6.45, 7) is 3.29. The Balaban J connectivity index is 1.89. The van der Waals surface area contributed by atoms with Crippen LogP contribution in [0.2, 0.25) is 0 Å². The van der Waals surface area contributed by atoms with Gasteiger partial charge in [-0.1, -0.05) is 6.92 Å². The van der Waals surface area contributed by atoms with Crippen molar-refractivity contribution in [2.45, 2.75) is 19.9 Å². The summed E-state index contributed by atoms with van der Waals surface area (Å²) in [6, 6.07) is 3.49. The van der Waals surface area contributed by atoms with E-state index < -0.39 is 0 Å². The number of furan rings is 1. The van der Waals surface area contributed by atoms with E-state index in [-0.39, 0.29) is 12.6 Å². The van der Waals surface area contributed by atoms with E-state index in [1.54, 1.807) is 11.2 Å². The minimum atomic E-state index is -0.182. The second-order valence-electron chi connectivity index (χ2n) is 4.49. The minimum Gasteiger partial charge on any atom is -0.462 e. The number of carbonyl (C=O) groups excluding carboxylic acids is 1. The summed E-state index contributed by atoms with van der Waals surface area (Å²) in [5.74, 6) is 0.727. The average molecular weight is 309 g/mol. The zero-order valence-electron chi connectivity index (χ0n) is 11.9. The third-order valence-corrected chi connectivity index (χ3v) is 3.76. The fraction of sp³-hybridized carbons (Fsp3) is 0.429. The molecule has 114 valence electrons. The zero-order valence-corrected chi connectivity index (χ0v) is 12.7. The Morgan fingerprint density at radius 1 is 1.52 bits per heavy atom. The lowest BCUT2D eigenvalue weighted by atomic mass is 10.4. The van der Waals surface area contributed by atoms with Crippen molar-refractivity contribution >= 4 is 17.4 Å². The highest BCUT2D eigenvalue weighted by Crippen LogP contribution is 2.23. The van der Waals surface area contributed by atoms with Crippen LogP contribution in [0, 0.1) is 0 Å². The first-order valence-electron chi connectivity index (χ1n) is 6.86. The molecule has 6 nitrogen and oxygen atoms in total. The number of hydrogen-bond acceptors (Lipinski definition) is 5. The molecular weight excluding hydrogens is 290 g/mol. The number of thiazole rings is 1. The average Bonchev–Trinajstić information content (AvgIpc) is 3.15. The Morgan fingerprint density at radius 3 is 3.05 bits per heavy atom. The summed E-state index contributed by atoms with van der Waals surface area (Å²) >= 11 is 1.48. The number of hydrogen-bond donors (Lipinski definition) is 2. The molecule has 21 heavy (non-hydrogen) atoms. The Hall–Kier alpha value is -1.86. The van der Waals surface area contributed by atoms with E-state index in [2.05, 4.69) is 10.3 Å². The molecule has 2 N–H and O–H groups in total. The van der Waals surface area contributed by atoms with E-state index in [0.29, 0.717) is 19.6 Å². The standard InChI is InChI=1S/C14H19N3O3S/c1-2-5-17(6-7-18)14(19)15-9-11-10-21-13(16-11)12-4-3-8-20-12/h3-4,8,10,18H,2,5-7,9H2,1H3,(H,15,19). The lowest BCUT2D eigenvalue weighted by Gasteiger charge is -2.21. The highest BCUT2D eigenvalue weighted by atomic mass is 32.1. The van der Waals surface area contributed by atoms with Gasteiger partial charge in [0.1, 0.15) is 0 Å². The molecule has 0 spiro atoms. The van der Waals surface area contributed by atoms with Crippen LogP contribution in [0.25, 0.3) is 10.8 Å². The third-order valence-electron chi connectivity index (χ3n) is 2.86. The van der Waals surface area contributed by atoms with Crippen molar-refractivity contribution in [3.8, 4) is 10.8 Å². The molecular formula is C14H19N3O3S. The number of rotatable bonds is 7. The highest BCUT2D eigenvalue weighted by molar-refractivity contribution is 7.13. The minimum absolute atomic E-state index is 0.0350.